The number of rotatable bonds is 8. The summed E-state index contributed by atoms with van der Waals surface area (Å²) in [5, 5.41) is 6.26. The van der Waals surface area contributed by atoms with Gasteiger partial charge in [0.2, 0.25) is 0 Å². The quantitative estimate of drug-likeness (QED) is 0.538. The minimum Gasteiger partial charge on any atom is -0.493 e. The van der Waals surface area contributed by atoms with E-state index in [4.69, 9.17) is 9.47 Å². The predicted octanol–water partition coefficient (Wildman–Crippen LogP) is 3.88. The molecule has 146 valence electrons. The van der Waals surface area contributed by atoms with E-state index in [2.05, 4.69) is 20.4 Å². The summed E-state index contributed by atoms with van der Waals surface area (Å²) < 4.78 is 40.1. The number of hydrogen-bond donors (Lipinski definition) is 2. The average molecular weight is 379 g/mol. The van der Waals surface area contributed by atoms with Gasteiger partial charge in [0.1, 0.15) is 5.75 Å². The van der Waals surface area contributed by atoms with Crippen molar-refractivity contribution >= 4 is 11.6 Å². The molecular weight excluding hydrogens is 356 g/mol. The minimum absolute atomic E-state index is 0.109. The van der Waals surface area contributed by atoms with Gasteiger partial charge in [0, 0.05) is 23.9 Å². The Labute approximate surface area is 157 Å². The summed E-state index contributed by atoms with van der Waals surface area (Å²) in [7, 11) is 3.12. The number of para-hydroxylation sites is 1. The fourth-order valence-electron chi connectivity index (χ4n) is 2.37. The molecule has 2 aromatic carbocycles. The first-order chi connectivity index (χ1) is 13.1. The molecule has 0 radical (unpaired) electrons. The van der Waals surface area contributed by atoms with E-state index < -0.39 is 6.61 Å². The summed E-state index contributed by atoms with van der Waals surface area (Å²) in [6, 6.07) is 11.9. The maximum Gasteiger partial charge on any atom is 0.387 e. The number of alkyl halides is 2. The zero-order chi connectivity index (χ0) is 19.6. The van der Waals surface area contributed by atoms with Crippen molar-refractivity contribution in [2.24, 2.45) is 4.99 Å². The largest absolute Gasteiger partial charge is 0.493 e. The number of hydrogen-bond acceptors (Lipinski definition) is 4. The molecule has 0 aliphatic rings. The van der Waals surface area contributed by atoms with Gasteiger partial charge >= 0.3 is 6.61 Å². The number of nitrogens with one attached hydrogen (secondary N) is 2. The first-order valence-electron chi connectivity index (χ1n) is 8.37. The number of guanidine groups is 1. The van der Waals surface area contributed by atoms with Crippen LogP contribution in [0.5, 0.6) is 17.2 Å². The van der Waals surface area contributed by atoms with Crippen LogP contribution in [0.3, 0.4) is 0 Å². The molecule has 0 bridgehead atoms. The van der Waals surface area contributed by atoms with Crippen LogP contribution in [0.4, 0.5) is 14.5 Å². The monoisotopic (exact) mass is 379 g/mol. The topological polar surface area (TPSA) is 64.1 Å². The Kier molecular flexibility index (Phi) is 7.66. The second-order valence-corrected chi connectivity index (χ2v) is 5.38. The Hall–Kier alpha value is -3.03. The first-order valence-corrected chi connectivity index (χ1v) is 8.37. The molecule has 2 rings (SSSR count). The van der Waals surface area contributed by atoms with Crippen molar-refractivity contribution in [1.29, 1.82) is 0 Å². The molecule has 2 aromatic rings. The molecule has 0 aliphatic carbocycles. The highest BCUT2D eigenvalue weighted by molar-refractivity contribution is 5.93. The lowest BCUT2D eigenvalue weighted by Gasteiger charge is -2.14. The number of methoxy groups -OCH3 is 2. The second-order valence-electron chi connectivity index (χ2n) is 5.38. The predicted molar refractivity (Wildman–Crippen MR) is 101 cm³/mol. The van der Waals surface area contributed by atoms with Gasteiger partial charge in [-0.25, -0.2) is 4.99 Å². The maximum atomic E-state index is 12.5. The fraction of sp³-hybridized carbons (Fsp3) is 0.316. The third-order valence-electron chi connectivity index (χ3n) is 3.59. The van der Waals surface area contributed by atoms with E-state index in [1.54, 1.807) is 44.6 Å². The van der Waals surface area contributed by atoms with E-state index in [-0.39, 0.29) is 12.3 Å². The fourth-order valence-corrected chi connectivity index (χ4v) is 2.37. The van der Waals surface area contributed by atoms with E-state index in [1.807, 2.05) is 13.0 Å². The van der Waals surface area contributed by atoms with Crippen molar-refractivity contribution in [3.8, 4) is 17.2 Å². The van der Waals surface area contributed by atoms with Gasteiger partial charge in [0.05, 0.1) is 20.8 Å². The molecule has 0 heterocycles. The first kappa shape index (κ1) is 20.3. The van der Waals surface area contributed by atoms with Crippen molar-refractivity contribution in [2.45, 2.75) is 20.1 Å². The lowest BCUT2D eigenvalue weighted by molar-refractivity contribution is -0.0504. The Morgan fingerprint density at radius 3 is 2.44 bits per heavy atom. The molecule has 0 spiro atoms. The third kappa shape index (κ3) is 6.02. The van der Waals surface area contributed by atoms with Gasteiger partial charge in [-0.15, -0.1) is 0 Å². The normalized spacial score (nSPS) is 11.3. The average Bonchev–Trinajstić information content (AvgIpc) is 2.66. The molecule has 2 N–H and O–H groups in total. The van der Waals surface area contributed by atoms with E-state index in [0.717, 1.165) is 5.69 Å². The van der Waals surface area contributed by atoms with E-state index in [0.29, 0.717) is 29.6 Å². The summed E-state index contributed by atoms with van der Waals surface area (Å²) in [4.78, 5) is 4.44. The summed E-state index contributed by atoms with van der Waals surface area (Å²) >= 11 is 0. The van der Waals surface area contributed by atoms with Crippen LogP contribution in [0.15, 0.2) is 47.5 Å². The Bertz CT molecular complexity index is 770. The van der Waals surface area contributed by atoms with Gasteiger partial charge in [-0.1, -0.05) is 18.2 Å². The molecule has 0 amide bonds. The van der Waals surface area contributed by atoms with Crippen molar-refractivity contribution < 1.29 is 23.0 Å². The molecule has 6 nitrogen and oxygen atoms in total. The lowest BCUT2D eigenvalue weighted by Crippen LogP contribution is -2.30. The Balaban J connectivity index is 2.18. The SMILES string of the molecule is CCNC(=NCc1ccccc1OC(F)F)Nc1ccc(OC)c(OC)c1. The molecule has 0 saturated carbocycles. The molecular formula is C19H23F2N3O3. The Morgan fingerprint density at radius 1 is 1.04 bits per heavy atom. The zero-order valence-electron chi connectivity index (χ0n) is 15.5. The van der Waals surface area contributed by atoms with Gasteiger partial charge in [-0.05, 0) is 25.1 Å². The Morgan fingerprint density at radius 2 is 1.78 bits per heavy atom. The zero-order valence-corrected chi connectivity index (χ0v) is 15.5. The minimum atomic E-state index is -2.88. The molecule has 0 aliphatic heterocycles. The van der Waals surface area contributed by atoms with Crippen LogP contribution in [-0.2, 0) is 6.54 Å². The second kappa shape index (κ2) is 10.2. The number of anilines is 1. The molecule has 0 saturated heterocycles. The van der Waals surface area contributed by atoms with Crippen molar-refractivity contribution in [3.63, 3.8) is 0 Å². The molecule has 0 atom stereocenters. The summed E-state index contributed by atoms with van der Waals surface area (Å²) in [5.41, 5.74) is 1.30. The maximum absolute atomic E-state index is 12.5. The van der Waals surface area contributed by atoms with Crippen molar-refractivity contribution in [3.05, 3.63) is 48.0 Å². The smallest absolute Gasteiger partial charge is 0.387 e. The van der Waals surface area contributed by atoms with Crippen molar-refractivity contribution in [1.82, 2.24) is 5.32 Å². The number of halogens is 2. The van der Waals surface area contributed by atoms with E-state index in [9.17, 15) is 8.78 Å². The highest BCUT2D eigenvalue weighted by Gasteiger charge is 2.10. The summed E-state index contributed by atoms with van der Waals surface area (Å²) in [5.74, 6) is 1.80. The van der Waals surface area contributed by atoms with Crippen LogP contribution in [-0.4, -0.2) is 33.3 Å². The standard InChI is InChI=1S/C19H23F2N3O3/c1-4-22-19(24-14-9-10-16(25-2)17(11-14)26-3)23-12-13-7-5-6-8-15(13)27-18(20)21/h5-11,18H,4,12H2,1-3H3,(H2,22,23,24). The van der Waals surface area contributed by atoms with Gasteiger partial charge < -0.3 is 24.8 Å². The third-order valence-corrected chi connectivity index (χ3v) is 3.59. The number of nitrogens with zero attached hydrogens (tertiary/aromatic N) is 1. The molecule has 27 heavy (non-hydrogen) atoms. The van der Waals surface area contributed by atoms with Crippen LogP contribution < -0.4 is 24.8 Å². The van der Waals surface area contributed by atoms with Crippen molar-refractivity contribution in [2.75, 3.05) is 26.1 Å². The molecule has 8 heteroatoms. The van der Waals surface area contributed by atoms with Crippen LogP contribution in [0.2, 0.25) is 0 Å². The van der Waals surface area contributed by atoms with Gasteiger partial charge in [-0.2, -0.15) is 8.78 Å². The summed E-state index contributed by atoms with van der Waals surface area (Å²) in [6.45, 7) is -0.146. The van der Waals surface area contributed by atoms with E-state index in [1.165, 1.54) is 6.07 Å². The number of benzene rings is 2. The number of aliphatic imine (C=N–C) groups is 1. The van der Waals surface area contributed by atoms with Crippen LogP contribution in [0, 0.1) is 0 Å². The van der Waals surface area contributed by atoms with Crippen LogP contribution in [0.1, 0.15) is 12.5 Å². The molecule has 0 fully saturated rings. The highest BCUT2D eigenvalue weighted by atomic mass is 19.3. The molecule has 0 unspecified atom stereocenters. The van der Waals surface area contributed by atoms with Gasteiger partial charge in [0.15, 0.2) is 17.5 Å². The number of ether oxygens (including phenoxy) is 3. The highest BCUT2D eigenvalue weighted by Crippen LogP contribution is 2.29. The van der Waals surface area contributed by atoms with Gasteiger partial charge in [0.25, 0.3) is 0 Å². The van der Waals surface area contributed by atoms with Crippen LogP contribution in [0.25, 0.3) is 0 Å². The lowest BCUT2D eigenvalue weighted by atomic mass is 10.2. The summed E-state index contributed by atoms with van der Waals surface area (Å²) in [6.07, 6.45) is 0. The molecule has 0 aromatic heterocycles. The van der Waals surface area contributed by atoms with Crippen LogP contribution >= 0.6 is 0 Å². The van der Waals surface area contributed by atoms with Gasteiger partial charge in [-0.3, -0.25) is 0 Å². The van der Waals surface area contributed by atoms with E-state index >= 15 is 0 Å².